The Hall–Kier alpha value is -2.91. The van der Waals surface area contributed by atoms with Crippen LogP contribution >= 0.6 is 11.3 Å². The molecule has 0 unspecified atom stereocenters. The highest BCUT2D eigenvalue weighted by molar-refractivity contribution is 7.89. The maximum atomic E-state index is 13.0. The Labute approximate surface area is 184 Å². The highest BCUT2D eigenvalue weighted by Crippen LogP contribution is 2.30. The van der Waals surface area contributed by atoms with E-state index < -0.39 is 40.1 Å². The van der Waals surface area contributed by atoms with Gasteiger partial charge >= 0.3 is 12.3 Å². The first-order valence-corrected chi connectivity index (χ1v) is 11.2. The molecule has 0 bridgehead atoms. The molecule has 174 valence electrons. The van der Waals surface area contributed by atoms with Crippen LogP contribution in [-0.4, -0.2) is 66.7 Å². The number of carbonyl (C=O) groups is 2. The second-order valence-electron chi connectivity index (χ2n) is 6.71. The monoisotopic (exact) mass is 494 g/mol. The molecule has 0 radical (unpaired) electrons. The Bertz CT molecular complexity index is 1130. The number of sulfonamides is 1. The molecule has 0 saturated carbocycles. The second kappa shape index (κ2) is 8.55. The number of anilines is 1. The third-order valence-electron chi connectivity index (χ3n) is 4.56. The van der Waals surface area contributed by atoms with E-state index in [9.17, 15) is 36.3 Å². The highest BCUT2D eigenvalue weighted by Gasteiger charge is 2.41. The molecule has 32 heavy (non-hydrogen) atoms. The first-order chi connectivity index (χ1) is 14.8. The summed E-state index contributed by atoms with van der Waals surface area (Å²) in [6.45, 7) is 1.16. The van der Waals surface area contributed by atoms with Crippen LogP contribution in [0, 0.1) is 6.92 Å². The zero-order chi connectivity index (χ0) is 23.8. The van der Waals surface area contributed by atoms with E-state index in [1.807, 2.05) is 0 Å². The minimum atomic E-state index is -4.94. The van der Waals surface area contributed by atoms with Crippen molar-refractivity contribution in [2.24, 2.45) is 5.73 Å². The Morgan fingerprint density at radius 2 is 1.88 bits per heavy atom. The number of aliphatic carboxylic acids is 1. The Kier molecular flexibility index (Phi) is 6.35. The van der Waals surface area contributed by atoms with E-state index in [0.717, 1.165) is 39.9 Å². The quantitative estimate of drug-likeness (QED) is 0.614. The van der Waals surface area contributed by atoms with Crippen molar-refractivity contribution in [1.82, 2.24) is 9.29 Å². The van der Waals surface area contributed by atoms with Crippen molar-refractivity contribution in [2.45, 2.75) is 24.2 Å². The Morgan fingerprint density at radius 1 is 1.25 bits per heavy atom. The molecule has 3 N–H and O–H groups in total. The number of carbonyl (C=O) groups excluding carboxylic acids is 1. The number of alkyl halides is 3. The molecule has 15 heteroatoms. The van der Waals surface area contributed by atoms with Crippen LogP contribution in [0.2, 0.25) is 0 Å². The molecule has 1 aromatic heterocycles. The lowest BCUT2D eigenvalue weighted by atomic mass is 10.2. The number of hydrogen-bond donors (Lipinski definition) is 2. The second-order valence-corrected chi connectivity index (χ2v) is 9.58. The summed E-state index contributed by atoms with van der Waals surface area (Å²) in [6, 6.07) is 1.98. The number of primary amides is 1. The summed E-state index contributed by atoms with van der Waals surface area (Å²) >= 11 is 0.973. The predicted octanol–water partition coefficient (Wildman–Crippen LogP) is 1.41. The molecule has 10 nitrogen and oxygen atoms in total. The number of aryl methyl sites for hydroxylation is 1. The van der Waals surface area contributed by atoms with Gasteiger partial charge in [-0.2, -0.15) is 4.31 Å². The molecule has 1 aromatic carbocycles. The summed E-state index contributed by atoms with van der Waals surface area (Å²) in [5, 5.41) is 9.96. The summed E-state index contributed by atoms with van der Waals surface area (Å²) < 4.78 is 67.4. The van der Waals surface area contributed by atoms with E-state index in [0.29, 0.717) is 10.8 Å². The number of rotatable bonds is 6. The molecule has 1 aliphatic rings. The number of carboxylic acid groups (broad SMARTS) is 1. The molecular weight excluding hydrogens is 477 g/mol. The van der Waals surface area contributed by atoms with Gasteiger partial charge < -0.3 is 20.5 Å². The van der Waals surface area contributed by atoms with Gasteiger partial charge in [0, 0.05) is 19.6 Å². The van der Waals surface area contributed by atoms with E-state index >= 15 is 0 Å². The zero-order valence-corrected chi connectivity index (χ0v) is 18.0. The third-order valence-corrected chi connectivity index (χ3v) is 7.72. The molecule has 3 rings (SSSR count). The van der Waals surface area contributed by atoms with E-state index in [1.165, 1.54) is 4.90 Å². The maximum absolute atomic E-state index is 13.0. The van der Waals surface area contributed by atoms with Gasteiger partial charge in [-0.1, -0.05) is 11.3 Å². The molecule has 1 aliphatic heterocycles. The standard InChI is InChI=1S/C17H17F3N4O6S2/c1-9-13(14(21)25)31-16(22-9)23-6-7-24(12(8-23)15(26)27)32(28,29)11-4-2-10(3-5-11)30-17(18,19)20/h2-5,12H,6-8H2,1H3,(H2,21,25)(H,26,27)/t12-/m1/s1. The van der Waals surface area contributed by atoms with Crippen LogP contribution in [0.15, 0.2) is 29.2 Å². The molecule has 0 aliphatic carbocycles. The van der Waals surface area contributed by atoms with Gasteiger partial charge in [-0.25, -0.2) is 13.4 Å². The molecular formula is C17H17F3N4O6S2. The number of thiazole rings is 1. The van der Waals surface area contributed by atoms with Gasteiger partial charge in [0.25, 0.3) is 5.91 Å². The predicted molar refractivity (Wildman–Crippen MR) is 106 cm³/mol. The molecule has 1 saturated heterocycles. The van der Waals surface area contributed by atoms with E-state index in [1.54, 1.807) is 6.92 Å². The van der Waals surface area contributed by atoms with Crippen molar-refractivity contribution in [1.29, 1.82) is 0 Å². The van der Waals surface area contributed by atoms with Gasteiger partial charge in [-0.05, 0) is 31.2 Å². The van der Waals surface area contributed by atoms with Gasteiger partial charge in [0.2, 0.25) is 10.0 Å². The van der Waals surface area contributed by atoms with Crippen LogP contribution in [0.5, 0.6) is 5.75 Å². The third kappa shape index (κ3) is 4.94. The Morgan fingerprint density at radius 3 is 2.38 bits per heavy atom. The first-order valence-electron chi connectivity index (χ1n) is 8.92. The number of halogens is 3. The topological polar surface area (TPSA) is 143 Å². The average molecular weight is 494 g/mol. The van der Waals surface area contributed by atoms with Crippen LogP contribution in [0.3, 0.4) is 0 Å². The lowest BCUT2D eigenvalue weighted by Gasteiger charge is -2.38. The number of amides is 1. The lowest BCUT2D eigenvalue weighted by molar-refractivity contribution is -0.274. The molecule has 1 amide bonds. The van der Waals surface area contributed by atoms with E-state index in [4.69, 9.17) is 5.73 Å². The summed E-state index contributed by atoms with van der Waals surface area (Å²) in [5.41, 5.74) is 5.66. The van der Waals surface area contributed by atoms with Crippen LogP contribution in [-0.2, 0) is 14.8 Å². The van der Waals surface area contributed by atoms with Crippen LogP contribution in [0.1, 0.15) is 15.4 Å². The van der Waals surface area contributed by atoms with Crippen molar-refractivity contribution >= 4 is 38.4 Å². The van der Waals surface area contributed by atoms with Gasteiger partial charge in [0.05, 0.1) is 10.6 Å². The number of carboxylic acids is 1. The molecule has 0 spiro atoms. The SMILES string of the molecule is Cc1nc(N2CCN(S(=O)(=O)c3ccc(OC(F)(F)F)cc3)[C@@H](C(=O)O)C2)sc1C(N)=O. The number of nitrogens with zero attached hydrogens (tertiary/aromatic N) is 3. The average Bonchev–Trinajstić information content (AvgIpc) is 3.08. The molecule has 1 fully saturated rings. The van der Waals surface area contributed by atoms with E-state index in [2.05, 4.69) is 9.72 Å². The van der Waals surface area contributed by atoms with Gasteiger partial charge in [0.1, 0.15) is 16.7 Å². The summed E-state index contributed by atoms with van der Waals surface area (Å²) in [5.74, 6) is -2.71. The number of ether oxygens (including phenoxy) is 1. The van der Waals surface area contributed by atoms with Crippen LogP contribution in [0.25, 0.3) is 0 Å². The largest absolute Gasteiger partial charge is 0.573 e. The summed E-state index contributed by atoms with van der Waals surface area (Å²) in [7, 11) is -4.34. The smallest absolute Gasteiger partial charge is 0.480 e. The number of benzene rings is 1. The fourth-order valence-corrected chi connectivity index (χ4v) is 5.64. The van der Waals surface area contributed by atoms with Gasteiger partial charge in [-0.15, -0.1) is 13.2 Å². The summed E-state index contributed by atoms with van der Waals surface area (Å²) in [4.78, 5) is 28.9. The first kappa shape index (κ1) is 23.7. The molecule has 2 heterocycles. The highest BCUT2D eigenvalue weighted by atomic mass is 32.2. The van der Waals surface area contributed by atoms with Crippen molar-refractivity contribution in [3.05, 3.63) is 34.8 Å². The fourth-order valence-electron chi connectivity index (χ4n) is 3.12. The molecule has 1 atom stereocenters. The Balaban J connectivity index is 1.84. The maximum Gasteiger partial charge on any atom is 0.573 e. The van der Waals surface area contributed by atoms with Crippen molar-refractivity contribution in [3.63, 3.8) is 0 Å². The minimum absolute atomic E-state index is 0.0729. The minimum Gasteiger partial charge on any atom is -0.480 e. The van der Waals surface area contributed by atoms with E-state index in [-0.39, 0.29) is 29.4 Å². The number of piperazine rings is 1. The summed E-state index contributed by atoms with van der Waals surface area (Å²) in [6.07, 6.45) is -4.94. The van der Waals surface area contributed by atoms with Gasteiger partial charge in [0.15, 0.2) is 5.13 Å². The van der Waals surface area contributed by atoms with Crippen molar-refractivity contribution in [3.8, 4) is 5.75 Å². The van der Waals surface area contributed by atoms with Crippen molar-refractivity contribution < 1.29 is 41.0 Å². The zero-order valence-electron chi connectivity index (χ0n) is 16.4. The number of nitrogens with two attached hydrogens (primary N) is 1. The lowest BCUT2D eigenvalue weighted by Crippen LogP contribution is -2.58. The number of hydrogen-bond acceptors (Lipinski definition) is 8. The van der Waals surface area contributed by atoms with Crippen LogP contribution < -0.4 is 15.4 Å². The van der Waals surface area contributed by atoms with Crippen molar-refractivity contribution in [2.75, 3.05) is 24.5 Å². The fraction of sp³-hybridized carbons (Fsp3) is 0.353. The normalized spacial score (nSPS) is 17.9. The number of aromatic nitrogens is 1. The van der Waals surface area contributed by atoms with Gasteiger partial charge in [-0.3, -0.25) is 9.59 Å². The molecule has 2 aromatic rings. The van der Waals surface area contributed by atoms with Crippen LogP contribution in [0.4, 0.5) is 18.3 Å².